The van der Waals surface area contributed by atoms with Crippen molar-refractivity contribution in [3.63, 3.8) is 0 Å². The molecule has 0 aromatic heterocycles. The van der Waals surface area contributed by atoms with E-state index in [1.807, 2.05) is 13.8 Å². The molecule has 1 amide bonds. The molecule has 0 saturated heterocycles. The van der Waals surface area contributed by atoms with Gasteiger partial charge in [0.2, 0.25) is 0 Å². The lowest BCUT2D eigenvalue weighted by molar-refractivity contribution is 0.0732. The Morgan fingerprint density at radius 2 is 2.06 bits per heavy atom. The zero-order chi connectivity index (χ0) is 13.9. The van der Waals surface area contributed by atoms with Crippen LogP contribution in [0.4, 0.5) is 0 Å². The number of rotatable bonds is 4. The van der Waals surface area contributed by atoms with E-state index in [-0.39, 0.29) is 34.6 Å². The SMILES string of the molecule is CC(C)N(CC(N)=S)C(=O)c1cc(O)ccc1O. The summed E-state index contributed by atoms with van der Waals surface area (Å²) < 4.78 is 0. The third-order valence-corrected chi connectivity index (χ3v) is 2.55. The van der Waals surface area contributed by atoms with E-state index in [1.165, 1.54) is 23.1 Å². The van der Waals surface area contributed by atoms with Gasteiger partial charge >= 0.3 is 0 Å². The van der Waals surface area contributed by atoms with Crippen molar-refractivity contribution in [2.45, 2.75) is 19.9 Å². The Morgan fingerprint density at radius 1 is 1.44 bits per heavy atom. The van der Waals surface area contributed by atoms with Crippen LogP contribution in [0.3, 0.4) is 0 Å². The number of amides is 1. The Labute approximate surface area is 111 Å². The number of phenolic OH excluding ortho intramolecular Hbond substituents is 2. The van der Waals surface area contributed by atoms with Gasteiger partial charge in [-0.2, -0.15) is 0 Å². The first-order chi connectivity index (χ1) is 8.32. The van der Waals surface area contributed by atoms with Gasteiger partial charge in [-0.1, -0.05) is 12.2 Å². The maximum atomic E-state index is 12.2. The average molecular weight is 268 g/mol. The van der Waals surface area contributed by atoms with Gasteiger partial charge in [0.05, 0.1) is 17.1 Å². The van der Waals surface area contributed by atoms with E-state index in [1.54, 1.807) is 0 Å². The molecule has 0 radical (unpaired) electrons. The van der Waals surface area contributed by atoms with Crippen LogP contribution in [-0.2, 0) is 0 Å². The van der Waals surface area contributed by atoms with E-state index in [2.05, 4.69) is 0 Å². The first-order valence-electron chi connectivity index (χ1n) is 5.44. The van der Waals surface area contributed by atoms with Crippen LogP contribution in [0.5, 0.6) is 11.5 Å². The summed E-state index contributed by atoms with van der Waals surface area (Å²) in [5.74, 6) is -0.701. The molecule has 1 aromatic carbocycles. The Morgan fingerprint density at radius 3 is 2.56 bits per heavy atom. The summed E-state index contributed by atoms with van der Waals surface area (Å²) in [6.45, 7) is 3.76. The summed E-state index contributed by atoms with van der Waals surface area (Å²) >= 11 is 4.79. The molecule has 1 aromatic rings. The number of nitrogens with zero attached hydrogens (tertiary/aromatic N) is 1. The minimum Gasteiger partial charge on any atom is -0.508 e. The molecule has 0 aliphatic heterocycles. The third-order valence-electron chi connectivity index (χ3n) is 2.42. The molecule has 6 heteroatoms. The molecular formula is C12H16N2O3S. The number of hydrogen-bond acceptors (Lipinski definition) is 4. The molecule has 0 aliphatic carbocycles. The Kier molecular flexibility index (Phi) is 4.49. The molecule has 18 heavy (non-hydrogen) atoms. The Bertz CT molecular complexity index is 474. The average Bonchev–Trinajstić information content (AvgIpc) is 2.27. The second-order valence-corrected chi connectivity index (χ2v) is 4.72. The van der Waals surface area contributed by atoms with Crippen LogP contribution < -0.4 is 5.73 Å². The van der Waals surface area contributed by atoms with Crippen LogP contribution in [0.1, 0.15) is 24.2 Å². The normalized spacial score (nSPS) is 10.4. The molecule has 0 saturated carbocycles. The van der Waals surface area contributed by atoms with E-state index < -0.39 is 5.91 Å². The zero-order valence-electron chi connectivity index (χ0n) is 10.3. The summed E-state index contributed by atoms with van der Waals surface area (Å²) in [4.78, 5) is 13.9. The zero-order valence-corrected chi connectivity index (χ0v) is 11.1. The van der Waals surface area contributed by atoms with Gasteiger partial charge in [-0.15, -0.1) is 0 Å². The number of carbonyl (C=O) groups is 1. The number of thiocarbonyl (C=S) groups is 1. The molecule has 0 fully saturated rings. The largest absolute Gasteiger partial charge is 0.508 e. The standard InChI is InChI=1S/C12H16N2O3S/c1-7(2)14(6-11(13)18)12(17)9-5-8(15)3-4-10(9)16/h3-5,7,15-16H,6H2,1-2H3,(H2,13,18). The van der Waals surface area contributed by atoms with Gasteiger partial charge in [0.15, 0.2) is 0 Å². The van der Waals surface area contributed by atoms with E-state index in [0.717, 1.165) is 0 Å². The van der Waals surface area contributed by atoms with Crippen LogP contribution in [0.25, 0.3) is 0 Å². The molecule has 98 valence electrons. The molecule has 1 rings (SSSR count). The fourth-order valence-electron chi connectivity index (χ4n) is 1.51. The van der Waals surface area contributed by atoms with E-state index in [9.17, 15) is 15.0 Å². The van der Waals surface area contributed by atoms with Crippen molar-refractivity contribution in [2.24, 2.45) is 5.73 Å². The van der Waals surface area contributed by atoms with E-state index in [4.69, 9.17) is 18.0 Å². The van der Waals surface area contributed by atoms with Crippen molar-refractivity contribution in [1.82, 2.24) is 4.90 Å². The van der Waals surface area contributed by atoms with E-state index >= 15 is 0 Å². The number of aromatic hydroxyl groups is 2. The summed E-state index contributed by atoms with van der Waals surface area (Å²) in [6, 6.07) is 3.66. The Balaban J connectivity index is 3.09. The summed E-state index contributed by atoms with van der Waals surface area (Å²) in [7, 11) is 0. The minimum atomic E-state index is -0.425. The highest BCUT2D eigenvalue weighted by molar-refractivity contribution is 7.80. The third kappa shape index (κ3) is 3.33. The first-order valence-corrected chi connectivity index (χ1v) is 5.85. The predicted molar refractivity (Wildman–Crippen MR) is 72.7 cm³/mol. The lowest BCUT2D eigenvalue weighted by atomic mass is 10.1. The van der Waals surface area contributed by atoms with Crippen LogP contribution in [0.15, 0.2) is 18.2 Å². The van der Waals surface area contributed by atoms with Gasteiger partial charge in [0, 0.05) is 6.04 Å². The number of benzene rings is 1. The number of nitrogens with two attached hydrogens (primary N) is 1. The van der Waals surface area contributed by atoms with Crippen LogP contribution in [0, 0.1) is 0 Å². The fraction of sp³-hybridized carbons (Fsp3) is 0.333. The summed E-state index contributed by atoms with van der Waals surface area (Å²) in [5.41, 5.74) is 5.47. The molecule has 0 spiro atoms. The van der Waals surface area contributed by atoms with Crippen molar-refractivity contribution in [3.05, 3.63) is 23.8 Å². The quantitative estimate of drug-likeness (QED) is 0.565. The smallest absolute Gasteiger partial charge is 0.258 e. The molecule has 5 nitrogen and oxygen atoms in total. The molecular weight excluding hydrogens is 252 g/mol. The lowest BCUT2D eigenvalue weighted by Gasteiger charge is -2.26. The van der Waals surface area contributed by atoms with Crippen molar-refractivity contribution in [1.29, 1.82) is 0 Å². The van der Waals surface area contributed by atoms with Crippen molar-refractivity contribution >= 4 is 23.1 Å². The maximum Gasteiger partial charge on any atom is 0.258 e. The number of phenols is 2. The monoisotopic (exact) mass is 268 g/mol. The molecule has 0 atom stereocenters. The highest BCUT2D eigenvalue weighted by Gasteiger charge is 2.22. The topological polar surface area (TPSA) is 86.8 Å². The van der Waals surface area contributed by atoms with Gasteiger partial charge in [0.1, 0.15) is 11.5 Å². The second-order valence-electron chi connectivity index (χ2n) is 4.19. The van der Waals surface area contributed by atoms with Crippen molar-refractivity contribution in [2.75, 3.05) is 6.54 Å². The molecule has 0 heterocycles. The molecule has 0 aliphatic rings. The summed E-state index contributed by atoms with van der Waals surface area (Å²) in [6.07, 6.45) is 0. The van der Waals surface area contributed by atoms with Gasteiger partial charge in [-0.3, -0.25) is 4.79 Å². The maximum absolute atomic E-state index is 12.2. The molecule has 4 N–H and O–H groups in total. The highest BCUT2D eigenvalue weighted by atomic mass is 32.1. The molecule has 0 bridgehead atoms. The van der Waals surface area contributed by atoms with Gasteiger partial charge in [-0.05, 0) is 32.0 Å². The van der Waals surface area contributed by atoms with Crippen molar-refractivity contribution in [3.8, 4) is 11.5 Å². The predicted octanol–water partition coefficient (Wildman–Crippen LogP) is 1.23. The van der Waals surface area contributed by atoms with Gasteiger partial charge in [0.25, 0.3) is 5.91 Å². The number of hydrogen-bond donors (Lipinski definition) is 3. The second kappa shape index (κ2) is 5.68. The highest BCUT2D eigenvalue weighted by Crippen LogP contribution is 2.24. The van der Waals surface area contributed by atoms with Gasteiger partial charge < -0.3 is 20.8 Å². The lowest BCUT2D eigenvalue weighted by Crippen LogP contribution is -2.42. The first kappa shape index (κ1) is 14.2. The van der Waals surface area contributed by atoms with Gasteiger partial charge in [-0.25, -0.2) is 0 Å². The van der Waals surface area contributed by atoms with Crippen LogP contribution in [0.2, 0.25) is 0 Å². The van der Waals surface area contributed by atoms with Crippen molar-refractivity contribution < 1.29 is 15.0 Å². The summed E-state index contributed by atoms with van der Waals surface area (Å²) in [5, 5.41) is 19.0. The minimum absolute atomic E-state index is 0.0277. The van der Waals surface area contributed by atoms with Crippen LogP contribution >= 0.6 is 12.2 Å². The number of carbonyl (C=O) groups excluding carboxylic acids is 1. The Hall–Kier alpha value is -1.82. The van der Waals surface area contributed by atoms with Crippen LogP contribution in [-0.4, -0.2) is 38.6 Å². The van der Waals surface area contributed by atoms with E-state index in [0.29, 0.717) is 0 Å². The molecule has 0 unspecified atom stereocenters. The fourth-order valence-corrected chi connectivity index (χ4v) is 1.65.